The van der Waals surface area contributed by atoms with E-state index in [-0.39, 0.29) is 32.1 Å². The largest absolute Gasteiger partial charge is 0.349 e. The summed E-state index contributed by atoms with van der Waals surface area (Å²) in [6.45, 7) is 4.06. The van der Waals surface area contributed by atoms with Crippen molar-refractivity contribution in [2.75, 3.05) is 18.4 Å². The molecule has 1 saturated heterocycles. The Hall–Kier alpha value is -2.89. The van der Waals surface area contributed by atoms with Crippen molar-refractivity contribution in [1.82, 2.24) is 10.2 Å². The maximum Gasteiger partial charge on any atom is 0.321 e. The summed E-state index contributed by atoms with van der Waals surface area (Å²) in [6.07, 6.45) is -0.00611. The number of alkyl halides is 1. The van der Waals surface area contributed by atoms with Crippen LogP contribution in [0.15, 0.2) is 48.5 Å². The lowest BCUT2D eigenvalue weighted by molar-refractivity contribution is -0.132. The zero-order chi connectivity index (χ0) is 19.4. The van der Waals surface area contributed by atoms with Crippen molar-refractivity contribution in [2.45, 2.75) is 32.5 Å². The van der Waals surface area contributed by atoms with Crippen LogP contribution in [0, 0.1) is 13.8 Å². The van der Waals surface area contributed by atoms with Crippen LogP contribution in [-0.4, -0.2) is 35.6 Å². The molecule has 1 aliphatic rings. The van der Waals surface area contributed by atoms with Gasteiger partial charge in [-0.15, -0.1) is 0 Å². The van der Waals surface area contributed by atoms with Crippen LogP contribution in [0.4, 0.5) is 14.9 Å². The van der Waals surface area contributed by atoms with Crippen molar-refractivity contribution in [3.05, 3.63) is 65.2 Å². The van der Waals surface area contributed by atoms with Crippen molar-refractivity contribution in [1.29, 1.82) is 0 Å². The van der Waals surface area contributed by atoms with Crippen LogP contribution in [0.3, 0.4) is 0 Å². The molecule has 0 aliphatic carbocycles. The van der Waals surface area contributed by atoms with E-state index < -0.39 is 11.6 Å². The van der Waals surface area contributed by atoms with Crippen LogP contribution in [0.1, 0.15) is 23.1 Å². The third-order valence-corrected chi connectivity index (χ3v) is 4.84. The normalized spacial score (nSPS) is 19.0. The van der Waals surface area contributed by atoms with E-state index in [1.807, 2.05) is 62.4 Å². The minimum Gasteiger partial charge on any atom is -0.349 e. The highest BCUT2D eigenvalue weighted by molar-refractivity contribution is 5.92. The zero-order valence-corrected chi connectivity index (χ0v) is 15.6. The number of carbonyl (C=O) groups is 2. The van der Waals surface area contributed by atoms with Gasteiger partial charge in [0.25, 0.3) is 5.91 Å². The number of likely N-dealkylation sites (tertiary alicyclic amines) is 1. The van der Waals surface area contributed by atoms with Gasteiger partial charge in [0.15, 0.2) is 0 Å². The first-order valence-electron chi connectivity index (χ1n) is 9.02. The van der Waals surface area contributed by atoms with Gasteiger partial charge in [-0.05, 0) is 36.6 Å². The molecule has 3 amide bonds. The molecule has 2 aromatic rings. The molecular formula is C21H24FN3O2. The summed E-state index contributed by atoms with van der Waals surface area (Å²) in [5.41, 5.74) is 1.49. The van der Waals surface area contributed by atoms with Crippen LogP contribution in [0.2, 0.25) is 0 Å². The average molecular weight is 369 g/mol. The van der Waals surface area contributed by atoms with E-state index in [2.05, 4.69) is 10.6 Å². The molecule has 5 nitrogen and oxygen atoms in total. The van der Waals surface area contributed by atoms with E-state index in [1.54, 1.807) is 0 Å². The molecule has 2 aromatic carbocycles. The van der Waals surface area contributed by atoms with Gasteiger partial charge in [0, 0.05) is 25.2 Å². The van der Waals surface area contributed by atoms with E-state index in [4.69, 9.17) is 0 Å². The van der Waals surface area contributed by atoms with Gasteiger partial charge >= 0.3 is 6.03 Å². The molecule has 142 valence electrons. The number of benzene rings is 2. The lowest BCUT2D eigenvalue weighted by Crippen LogP contribution is -2.46. The second-order valence-corrected chi connectivity index (χ2v) is 7.05. The summed E-state index contributed by atoms with van der Waals surface area (Å²) in [5, 5.41) is 5.45. The third kappa shape index (κ3) is 4.45. The van der Waals surface area contributed by atoms with E-state index in [0.29, 0.717) is 5.69 Å². The van der Waals surface area contributed by atoms with Crippen molar-refractivity contribution in [2.24, 2.45) is 0 Å². The summed E-state index contributed by atoms with van der Waals surface area (Å²) in [7, 11) is 0. The topological polar surface area (TPSA) is 61.4 Å². The lowest BCUT2D eigenvalue weighted by Gasteiger charge is -2.21. The van der Waals surface area contributed by atoms with Gasteiger partial charge in [-0.25, -0.2) is 9.18 Å². The number of aryl methyl sites for hydroxylation is 2. The molecule has 27 heavy (non-hydrogen) atoms. The van der Waals surface area contributed by atoms with Crippen molar-refractivity contribution in [3.63, 3.8) is 0 Å². The second-order valence-electron chi connectivity index (χ2n) is 7.05. The molecule has 6 heteroatoms. The number of nitrogens with one attached hydrogen (secondary N) is 2. The predicted octanol–water partition coefficient (Wildman–Crippen LogP) is 3.57. The maximum absolute atomic E-state index is 15.1. The van der Waals surface area contributed by atoms with Gasteiger partial charge < -0.3 is 15.5 Å². The Kier molecular flexibility index (Phi) is 5.44. The van der Waals surface area contributed by atoms with E-state index in [0.717, 1.165) is 16.7 Å². The first kappa shape index (κ1) is 18.9. The molecule has 1 fully saturated rings. The molecule has 1 unspecified atom stereocenters. The SMILES string of the molecule is Cc1ccc(C)c(NC(=O)N2CCC(F)(C(=O)NCc3ccccc3)C2)c1. The monoisotopic (exact) mass is 369 g/mol. The number of hydrogen-bond donors (Lipinski definition) is 2. The molecule has 0 spiro atoms. The number of nitrogens with zero attached hydrogens (tertiary/aromatic N) is 1. The third-order valence-electron chi connectivity index (χ3n) is 4.84. The number of carbonyl (C=O) groups excluding carboxylic acids is 2. The van der Waals surface area contributed by atoms with Crippen LogP contribution >= 0.6 is 0 Å². The Balaban J connectivity index is 1.58. The fraction of sp³-hybridized carbons (Fsp3) is 0.333. The average Bonchev–Trinajstić information content (AvgIpc) is 3.07. The number of rotatable bonds is 4. The van der Waals surface area contributed by atoms with Gasteiger partial charge in [-0.1, -0.05) is 42.5 Å². The first-order valence-corrected chi connectivity index (χ1v) is 9.02. The molecule has 1 atom stereocenters. The van der Waals surface area contributed by atoms with Gasteiger partial charge in [0.2, 0.25) is 5.67 Å². The minimum atomic E-state index is -2.06. The molecule has 2 N–H and O–H groups in total. The fourth-order valence-electron chi connectivity index (χ4n) is 3.13. The molecule has 3 rings (SSSR count). The summed E-state index contributed by atoms with van der Waals surface area (Å²) in [6, 6.07) is 14.7. The van der Waals surface area contributed by atoms with E-state index in [1.165, 1.54) is 4.90 Å². The zero-order valence-electron chi connectivity index (χ0n) is 15.6. The van der Waals surface area contributed by atoms with Gasteiger partial charge in [0.05, 0.1) is 6.54 Å². The van der Waals surface area contributed by atoms with Crippen LogP contribution in [0.5, 0.6) is 0 Å². The maximum atomic E-state index is 15.1. The van der Waals surface area contributed by atoms with Crippen LogP contribution < -0.4 is 10.6 Å². The highest BCUT2D eigenvalue weighted by Crippen LogP contribution is 2.27. The molecule has 1 heterocycles. The van der Waals surface area contributed by atoms with Gasteiger partial charge in [-0.3, -0.25) is 4.79 Å². The lowest BCUT2D eigenvalue weighted by atomic mass is 10.0. The standard InChI is InChI=1S/C21H24FN3O2/c1-15-8-9-16(2)18(12-15)24-20(27)25-11-10-21(22,14-25)19(26)23-13-17-6-4-3-5-7-17/h3-9,12H,10-11,13-14H2,1-2H3,(H,23,26)(H,24,27). The Morgan fingerprint density at radius 3 is 2.63 bits per heavy atom. The van der Waals surface area contributed by atoms with Gasteiger partial charge in [0.1, 0.15) is 0 Å². The van der Waals surface area contributed by atoms with Crippen LogP contribution in [0.25, 0.3) is 0 Å². The van der Waals surface area contributed by atoms with Crippen molar-refractivity contribution < 1.29 is 14.0 Å². The van der Waals surface area contributed by atoms with E-state index in [9.17, 15) is 9.59 Å². The Bertz CT molecular complexity index is 841. The Morgan fingerprint density at radius 1 is 1.15 bits per heavy atom. The highest BCUT2D eigenvalue weighted by Gasteiger charge is 2.46. The van der Waals surface area contributed by atoms with Gasteiger partial charge in [-0.2, -0.15) is 0 Å². The number of halogens is 1. The molecule has 0 saturated carbocycles. The quantitative estimate of drug-likeness (QED) is 0.866. The molecule has 0 aromatic heterocycles. The fourth-order valence-corrected chi connectivity index (χ4v) is 3.13. The molecule has 0 bridgehead atoms. The predicted molar refractivity (Wildman–Crippen MR) is 103 cm³/mol. The number of hydrogen-bond acceptors (Lipinski definition) is 2. The molecule has 0 radical (unpaired) electrons. The summed E-state index contributed by atoms with van der Waals surface area (Å²) < 4.78 is 15.1. The summed E-state index contributed by atoms with van der Waals surface area (Å²) in [4.78, 5) is 26.2. The van der Waals surface area contributed by atoms with E-state index >= 15 is 4.39 Å². The number of amides is 3. The summed E-state index contributed by atoms with van der Waals surface area (Å²) in [5.74, 6) is -0.673. The Labute approximate surface area is 158 Å². The smallest absolute Gasteiger partial charge is 0.321 e. The minimum absolute atomic E-state index is 0.00611. The number of anilines is 1. The molecule has 1 aliphatic heterocycles. The molecular weight excluding hydrogens is 345 g/mol. The second kappa shape index (κ2) is 7.78. The first-order chi connectivity index (χ1) is 12.9. The number of urea groups is 1. The Morgan fingerprint density at radius 2 is 1.89 bits per heavy atom. The summed E-state index contributed by atoms with van der Waals surface area (Å²) >= 11 is 0. The van der Waals surface area contributed by atoms with Crippen molar-refractivity contribution in [3.8, 4) is 0 Å². The van der Waals surface area contributed by atoms with Crippen LogP contribution in [-0.2, 0) is 11.3 Å². The van der Waals surface area contributed by atoms with Crippen molar-refractivity contribution >= 4 is 17.6 Å². The highest BCUT2D eigenvalue weighted by atomic mass is 19.1.